The van der Waals surface area contributed by atoms with Gasteiger partial charge in [-0.05, 0) is 61.1 Å². The summed E-state index contributed by atoms with van der Waals surface area (Å²) in [6.45, 7) is 0.526. The van der Waals surface area contributed by atoms with E-state index in [2.05, 4.69) is 5.32 Å². The number of carbonyl (C=O) groups is 2. The van der Waals surface area contributed by atoms with Crippen LogP contribution in [0.4, 0.5) is 10.1 Å². The van der Waals surface area contributed by atoms with Gasteiger partial charge in [0.15, 0.2) is 6.61 Å². The van der Waals surface area contributed by atoms with Crippen LogP contribution in [0.2, 0.25) is 0 Å². The average molecular weight is 447 g/mol. The molecule has 2 atom stereocenters. The van der Waals surface area contributed by atoms with Crippen molar-refractivity contribution in [2.75, 3.05) is 25.0 Å². The highest BCUT2D eigenvalue weighted by Gasteiger charge is 2.45. The van der Waals surface area contributed by atoms with Gasteiger partial charge in [-0.15, -0.1) is 0 Å². The highest BCUT2D eigenvalue weighted by Crippen LogP contribution is 2.48. The summed E-state index contributed by atoms with van der Waals surface area (Å²) in [5, 5.41) is 2.57. The van der Waals surface area contributed by atoms with Crippen molar-refractivity contribution in [3.05, 3.63) is 59.9 Å². The maximum atomic E-state index is 13.0. The minimum Gasteiger partial charge on any atom is -0.455 e. The van der Waals surface area contributed by atoms with Crippen LogP contribution in [0.3, 0.4) is 0 Å². The molecule has 164 valence electrons. The number of nitrogens with zero attached hydrogens (tertiary/aromatic N) is 1. The highest BCUT2D eigenvalue weighted by atomic mass is 32.2. The van der Waals surface area contributed by atoms with Gasteiger partial charge in [-0.3, -0.25) is 9.59 Å². The average Bonchev–Trinajstić information content (AvgIpc) is 3.35. The van der Waals surface area contributed by atoms with Crippen molar-refractivity contribution in [3.8, 4) is 0 Å². The topological polar surface area (TPSA) is 92.8 Å². The van der Waals surface area contributed by atoms with E-state index in [1.165, 1.54) is 28.6 Å². The van der Waals surface area contributed by atoms with Gasteiger partial charge in [-0.1, -0.05) is 18.2 Å². The molecule has 31 heavy (non-hydrogen) atoms. The van der Waals surface area contributed by atoms with E-state index in [4.69, 9.17) is 4.74 Å². The molecule has 2 aromatic carbocycles. The lowest BCUT2D eigenvalue weighted by Crippen LogP contribution is -2.28. The van der Waals surface area contributed by atoms with Gasteiger partial charge >= 0.3 is 5.97 Å². The third-order valence-electron chi connectivity index (χ3n) is 5.56. The molecule has 1 N–H and O–H groups in total. The summed E-state index contributed by atoms with van der Waals surface area (Å²) >= 11 is 0. The molecule has 2 aromatic rings. The number of sulfonamides is 1. The molecule has 1 aliphatic carbocycles. The molecule has 2 fully saturated rings. The molecule has 0 spiro atoms. The Morgan fingerprint density at radius 3 is 2.52 bits per heavy atom. The monoisotopic (exact) mass is 446 g/mol. The van der Waals surface area contributed by atoms with Crippen molar-refractivity contribution in [3.63, 3.8) is 0 Å². The summed E-state index contributed by atoms with van der Waals surface area (Å²) < 4.78 is 44.9. The first-order chi connectivity index (χ1) is 14.8. The number of ether oxygens (including phenoxy) is 1. The smallest absolute Gasteiger partial charge is 0.310 e. The summed E-state index contributed by atoms with van der Waals surface area (Å²) in [6, 6.07) is 12.0. The van der Waals surface area contributed by atoms with Crippen LogP contribution in [0.5, 0.6) is 0 Å². The van der Waals surface area contributed by atoms with Crippen molar-refractivity contribution < 1.29 is 27.1 Å². The lowest BCUT2D eigenvalue weighted by Gasteiger charge is -2.16. The quantitative estimate of drug-likeness (QED) is 0.661. The maximum absolute atomic E-state index is 13.0. The molecule has 1 saturated carbocycles. The zero-order chi connectivity index (χ0) is 22.0. The SMILES string of the molecule is O=C(COC(=O)C1CC1c1ccc(F)cc1)Nc1cccc(S(=O)(=O)N2CCCC2)c1. The second-order valence-electron chi connectivity index (χ2n) is 7.80. The predicted molar refractivity (Wildman–Crippen MR) is 111 cm³/mol. The van der Waals surface area contributed by atoms with Gasteiger partial charge in [0.05, 0.1) is 10.8 Å². The predicted octanol–water partition coefficient (Wildman–Crippen LogP) is 2.90. The summed E-state index contributed by atoms with van der Waals surface area (Å²) in [5.74, 6) is -1.73. The fraction of sp³-hybridized carbons (Fsp3) is 0.364. The Hall–Kier alpha value is -2.78. The Kier molecular flexibility index (Phi) is 6.06. The van der Waals surface area contributed by atoms with Gasteiger partial charge in [0.25, 0.3) is 5.91 Å². The van der Waals surface area contributed by atoms with Crippen LogP contribution in [0.25, 0.3) is 0 Å². The molecule has 0 aromatic heterocycles. The highest BCUT2D eigenvalue weighted by molar-refractivity contribution is 7.89. The number of rotatable bonds is 7. The van der Waals surface area contributed by atoms with Crippen LogP contribution >= 0.6 is 0 Å². The van der Waals surface area contributed by atoms with Crippen LogP contribution < -0.4 is 5.32 Å². The minimum absolute atomic E-state index is 0.0244. The number of anilines is 1. The van der Waals surface area contributed by atoms with Crippen molar-refractivity contribution in [2.45, 2.75) is 30.1 Å². The number of nitrogens with one attached hydrogen (secondary N) is 1. The molecule has 1 amide bonds. The molecule has 2 aliphatic rings. The van der Waals surface area contributed by atoms with Crippen LogP contribution in [0.15, 0.2) is 53.4 Å². The number of hydrogen-bond acceptors (Lipinski definition) is 5. The Morgan fingerprint density at radius 1 is 1.10 bits per heavy atom. The number of halogens is 1. The molecule has 9 heteroatoms. The third-order valence-corrected chi connectivity index (χ3v) is 7.45. The Morgan fingerprint density at radius 2 is 1.81 bits per heavy atom. The minimum atomic E-state index is -3.59. The molecule has 0 radical (unpaired) electrons. The summed E-state index contributed by atoms with van der Waals surface area (Å²) in [5.41, 5.74) is 1.18. The first kappa shape index (κ1) is 21.5. The normalized spacial score (nSPS) is 20.9. The van der Waals surface area contributed by atoms with Gasteiger partial charge in [-0.25, -0.2) is 12.8 Å². The number of benzene rings is 2. The van der Waals surface area contributed by atoms with Gasteiger partial charge in [-0.2, -0.15) is 4.31 Å². The van der Waals surface area contributed by atoms with Crippen LogP contribution in [-0.2, 0) is 24.3 Å². The molecule has 4 rings (SSSR count). The fourth-order valence-corrected chi connectivity index (χ4v) is 5.35. The zero-order valence-electron chi connectivity index (χ0n) is 16.8. The van der Waals surface area contributed by atoms with Gasteiger partial charge in [0.1, 0.15) is 5.82 Å². The maximum Gasteiger partial charge on any atom is 0.310 e. The molecule has 1 heterocycles. The number of carbonyl (C=O) groups excluding carboxylic acids is 2. The van der Waals surface area contributed by atoms with E-state index >= 15 is 0 Å². The van der Waals surface area contributed by atoms with E-state index in [-0.39, 0.29) is 22.5 Å². The second kappa shape index (κ2) is 8.76. The Labute approximate surface area is 180 Å². The number of esters is 1. The van der Waals surface area contributed by atoms with E-state index in [1.54, 1.807) is 24.3 Å². The Bertz CT molecular complexity index is 1080. The standard InChI is InChI=1S/C22H23FN2O5S/c23-16-8-6-15(7-9-16)19-13-20(19)22(27)30-14-21(26)24-17-4-3-5-18(12-17)31(28,29)25-10-1-2-11-25/h3-9,12,19-20H,1-2,10-11,13-14H2,(H,24,26). The second-order valence-corrected chi connectivity index (χ2v) is 9.73. The van der Waals surface area contributed by atoms with Crippen molar-refractivity contribution in [1.82, 2.24) is 4.31 Å². The first-order valence-corrected chi connectivity index (χ1v) is 11.6. The summed E-state index contributed by atoms with van der Waals surface area (Å²) in [4.78, 5) is 24.5. The molecule has 2 unspecified atom stereocenters. The molecule has 1 saturated heterocycles. The lowest BCUT2D eigenvalue weighted by atomic mass is 10.1. The fourth-order valence-electron chi connectivity index (χ4n) is 3.79. The third kappa shape index (κ3) is 4.94. The number of amides is 1. The number of hydrogen-bond donors (Lipinski definition) is 1. The molecule has 0 bridgehead atoms. The Balaban J connectivity index is 1.29. The van der Waals surface area contributed by atoms with Crippen LogP contribution in [0.1, 0.15) is 30.7 Å². The van der Waals surface area contributed by atoms with E-state index in [0.717, 1.165) is 18.4 Å². The largest absolute Gasteiger partial charge is 0.455 e. The molecular weight excluding hydrogens is 423 g/mol. The van der Waals surface area contributed by atoms with Crippen LogP contribution in [0, 0.1) is 11.7 Å². The summed E-state index contributed by atoms with van der Waals surface area (Å²) in [7, 11) is -3.59. The van der Waals surface area contributed by atoms with Crippen molar-refractivity contribution in [2.24, 2.45) is 5.92 Å². The summed E-state index contributed by atoms with van der Waals surface area (Å²) in [6.07, 6.45) is 2.27. The van der Waals surface area contributed by atoms with Crippen molar-refractivity contribution >= 4 is 27.6 Å². The van der Waals surface area contributed by atoms with Gasteiger partial charge < -0.3 is 10.1 Å². The van der Waals surface area contributed by atoms with Gasteiger partial charge in [0.2, 0.25) is 10.0 Å². The van der Waals surface area contributed by atoms with E-state index in [1.807, 2.05) is 0 Å². The molecular formula is C22H23FN2O5S. The van der Waals surface area contributed by atoms with E-state index in [9.17, 15) is 22.4 Å². The first-order valence-electron chi connectivity index (χ1n) is 10.2. The molecule has 1 aliphatic heterocycles. The van der Waals surface area contributed by atoms with Crippen LogP contribution in [-0.4, -0.2) is 44.3 Å². The lowest BCUT2D eigenvalue weighted by molar-refractivity contribution is -0.148. The van der Waals surface area contributed by atoms with E-state index < -0.39 is 28.5 Å². The van der Waals surface area contributed by atoms with Crippen molar-refractivity contribution in [1.29, 1.82) is 0 Å². The molecule has 7 nitrogen and oxygen atoms in total. The van der Waals surface area contributed by atoms with Gasteiger partial charge in [0, 0.05) is 18.8 Å². The van der Waals surface area contributed by atoms with E-state index in [0.29, 0.717) is 25.2 Å². The zero-order valence-corrected chi connectivity index (χ0v) is 17.6.